The molecule has 0 radical (unpaired) electrons. The minimum atomic E-state index is -0.480. The van der Waals surface area contributed by atoms with Gasteiger partial charge in [0.25, 0.3) is 0 Å². The maximum Gasteiger partial charge on any atom is 0.339 e. The van der Waals surface area contributed by atoms with Crippen LogP contribution in [0, 0.1) is 34.6 Å². The lowest BCUT2D eigenvalue weighted by Gasteiger charge is -2.17. The number of amides is 1. The number of aryl methyl sites for hydroxylation is 4. The maximum absolute atomic E-state index is 12.7. The van der Waals surface area contributed by atoms with E-state index < -0.39 is 5.97 Å². The normalized spacial score (nSPS) is 10.9. The molecular formula is C22H29N3O4. The molecular weight excluding hydrogens is 370 g/mol. The van der Waals surface area contributed by atoms with Crippen molar-refractivity contribution in [1.82, 2.24) is 9.88 Å². The monoisotopic (exact) mass is 399 g/mol. The number of methoxy groups -OCH3 is 1. The number of esters is 1. The second-order valence-electron chi connectivity index (χ2n) is 7.53. The van der Waals surface area contributed by atoms with Crippen molar-refractivity contribution in [2.45, 2.75) is 34.6 Å². The molecule has 156 valence electrons. The Morgan fingerprint density at radius 2 is 1.62 bits per heavy atom. The number of benzene rings is 1. The van der Waals surface area contributed by atoms with Gasteiger partial charge in [-0.05, 0) is 58.4 Å². The van der Waals surface area contributed by atoms with Gasteiger partial charge in [0.2, 0.25) is 5.91 Å². The summed E-state index contributed by atoms with van der Waals surface area (Å²) in [4.78, 5) is 41.6. The zero-order valence-electron chi connectivity index (χ0n) is 18.1. The largest absolute Gasteiger partial charge is 0.465 e. The van der Waals surface area contributed by atoms with E-state index in [0.717, 1.165) is 22.4 Å². The number of nitrogens with zero attached hydrogens (tertiary/aromatic N) is 1. The van der Waals surface area contributed by atoms with Crippen molar-refractivity contribution in [3.8, 4) is 0 Å². The molecule has 7 nitrogen and oxygen atoms in total. The molecule has 2 N–H and O–H groups in total. The molecule has 0 bridgehead atoms. The SMILES string of the molecule is COC(=O)c1c(C)[nH]c(C(=O)CN(C)CC(=O)Nc2c(C)cc(C)cc2C)c1C. The molecule has 1 aromatic heterocycles. The molecule has 0 saturated heterocycles. The highest BCUT2D eigenvalue weighted by Gasteiger charge is 2.23. The van der Waals surface area contributed by atoms with E-state index in [4.69, 9.17) is 4.74 Å². The zero-order valence-corrected chi connectivity index (χ0v) is 18.1. The minimum absolute atomic E-state index is 0.0423. The molecule has 0 unspecified atom stereocenters. The van der Waals surface area contributed by atoms with Gasteiger partial charge < -0.3 is 15.0 Å². The molecule has 1 heterocycles. The summed E-state index contributed by atoms with van der Waals surface area (Å²) < 4.78 is 4.77. The zero-order chi connectivity index (χ0) is 21.9. The van der Waals surface area contributed by atoms with Crippen molar-refractivity contribution in [2.24, 2.45) is 0 Å². The number of likely N-dealkylation sites (N-methyl/N-ethyl adjacent to an activating group) is 1. The van der Waals surface area contributed by atoms with Crippen molar-refractivity contribution in [3.63, 3.8) is 0 Å². The van der Waals surface area contributed by atoms with Gasteiger partial charge in [0.05, 0.1) is 31.5 Å². The van der Waals surface area contributed by atoms with Crippen molar-refractivity contribution in [3.05, 3.63) is 51.3 Å². The van der Waals surface area contributed by atoms with Gasteiger partial charge >= 0.3 is 5.97 Å². The molecule has 0 aliphatic heterocycles. The molecule has 2 aromatic rings. The number of nitrogens with one attached hydrogen (secondary N) is 2. The smallest absolute Gasteiger partial charge is 0.339 e. The highest BCUT2D eigenvalue weighted by atomic mass is 16.5. The van der Waals surface area contributed by atoms with Crippen LogP contribution in [0.4, 0.5) is 5.69 Å². The Balaban J connectivity index is 2.04. The first-order chi connectivity index (χ1) is 13.5. The van der Waals surface area contributed by atoms with Crippen LogP contribution in [0.5, 0.6) is 0 Å². The molecule has 29 heavy (non-hydrogen) atoms. The van der Waals surface area contributed by atoms with Crippen molar-refractivity contribution in [2.75, 3.05) is 32.6 Å². The molecule has 1 aromatic carbocycles. The number of carbonyl (C=O) groups excluding carboxylic acids is 3. The molecule has 2 rings (SSSR count). The fourth-order valence-corrected chi connectivity index (χ4v) is 3.62. The maximum atomic E-state index is 12.7. The molecule has 1 amide bonds. The number of aromatic amines is 1. The number of hydrogen-bond donors (Lipinski definition) is 2. The number of ether oxygens (including phenoxy) is 1. The Morgan fingerprint density at radius 3 is 2.17 bits per heavy atom. The molecule has 0 saturated carbocycles. The van der Waals surface area contributed by atoms with Gasteiger partial charge in [0, 0.05) is 11.4 Å². The third-order valence-electron chi connectivity index (χ3n) is 4.87. The van der Waals surface area contributed by atoms with E-state index in [1.807, 2.05) is 32.9 Å². The van der Waals surface area contributed by atoms with Gasteiger partial charge in [-0.1, -0.05) is 17.7 Å². The van der Waals surface area contributed by atoms with Gasteiger partial charge in [-0.25, -0.2) is 4.79 Å². The molecule has 0 aliphatic rings. The summed E-state index contributed by atoms with van der Waals surface area (Å²) in [5.74, 6) is -0.865. The number of ketones is 1. The highest BCUT2D eigenvalue weighted by Crippen LogP contribution is 2.22. The molecule has 0 atom stereocenters. The summed E-state index contributed by atoms with van der Waals surface area (Å²) in [5, 5.41) is 2.94. The number of H-pyrrole nitrogens is 1. The number of carbonyl (C=O) groups is 3. The Morgan fingerprint density at radius 1 is 1.03 bits per heavy atom. The predicted octanol–water partition coefficient (Wildman–Crippen LogP) is 3.10. The van der Waals surface area contributed by atoms with Gasteiger partial charge in [-0.15, -0.1) is 0 Å². The molecule has 0 spiro atoms. The number of hydrogen-bond acceptors (Lipinski definition) is 5. The van der Waals surface area contributed by atoms with Crippen LogP contribution in [0.25, 0.3) is 0 Å². The first-order valence-electron chi connectivity index (χ1n) is 9.42. The van der Waals surface area contributed by atoms with Crippen molar-refractivity contribution >= 4 is 23.3 Å². The highest BCUT2D eigenvalue weighted by molar-refractivity contribution is 6.02. The lowest BCUT2D eigenvalue weighted by atomic mass is 10.1. The standard InChI is InChI=1S/C22H29N3O4/c1-12-8-13(2)20(14(3)9-12)24-18(27)11-25(6)10-17(26)21-15(4)19(16(5)23-21)22(28)29-7/h8-9,23H,10-11H2,1-7H3,(H,24,27). The van der Waals surface area contributed by atoms with Crippen molar-refractivity contribution in [1.29, 1.82) is 0 Å². The average molecular weight is 399 g/mol. The van der Waals surface area contributed by atoms with Gasteiger partial charge in [-0.3, -0.25) is 14.5 Å². The van der Waals surface area contributed by atoms with E-state index >= 15 is 0 Å². The fraction of sp³-hybridized carbons (Fsp3) is 0.409. The van der Waals surface area contributed by atoms with E-state index in [2.05, 4.69) is 10.3 Å². The fourth-order valence-electron chi connectivity index (χ4n) is 3.62. The first-order valence-corrected chi connectivity index (χ1v) is 9.42. The van der Waals surface area contributed by atoms with Gasteiger partial charge in [0.1, 0.15) is 0 Å². The number of Topliss-reactive ketones (excluding diaryl/α,β-unsaturated/α-hetero) is 1. The Labute approximate surface area is 171 Å². The van der Waals surface area contributed by atoms with Crippen LogP contribution in [0.2, 0.25) is 0 Å². The van der Waals surface area contributed by atoms with Gasteiger partial charge in [0.15, 0.2) is 5.78 Å². The van der Waals surface area contributed by atoms with E-state index in [-0.39, 0.29) is 24.8 Å². The topological polar surface area (TPSA) is 91.5 Å². The quantitative estimate of drug-likeness (QED) is 0.551. The predicted molar refractivity (Wildman–Crippen MR) is 113 cm³/mol. The van der Waals surface area contributed by atoms with Crippen LogP contribution in [0.3, 0.4) is 0 Å². The van der Waals surface area contributed by atoms with Crippen molar-refractivity contribution < 1.29 is 19.1 Å². The van der Waals surface area contributed by atoms with Crippen LogP contribution < -0.4 is 5.32 Å². The Hall–Kier alpha value is -2.93. The van der Waals surface area contributed by atoms with Crippen LogP contribution in [-0.4, -0.2) is 54.8 Å². The van der Waals surface area contributed by atoms with Crippen LogP contribution >= 0.6 is 0 Å². The number of aromatic nitrogens is 1. The Kier molecular flexibility index (Phi) is 6.97. The third kappa shape index (κ3) is 5.12. The lowest BCUT2D eigenvalue weighted by molar-refractivity contribution is -0.116. The van der Waals surface area contributed by atoms with E-state index in [0.29, 0.717) is 22.5 Å². The summed E-state index contributed by atoms with van der Waals surface area (Å²) >= 11 is 0. The summed E-state index contributed by atoms with van der Waals surface area (Å²) in [5.41, 5.74) is 5.83. The van der Waals surface area contributed by atoms with E-state index in [1.54, 1.807) is 25.8 Å². The molecule has 0 aliphatic carbocycles. The number of anilines is 1. The second kappa shape index (κ2) is 9.05. The third-order valence-corrected chi connectivity index (χ3v) is 4.87. The Bertz CT molecular complexity index is 936. The summed E-state index contributed by atoms with van der Waals surface area (Å²) in [6, 6.07) is 4.04. The lowest BCUT2D eigenvalue weighted by Crippen LogP contribution is -2.34. The minimum Gasteiger partial charge on any atom is -0.465 e. The van der Waals surface area contributed by atoms with Crippen LogP contribution in [0.1, 0.15) is 48.8 Å². The number of rotatable bonds is 7. The molecule has 0 fully saturated rings. The first kappa shape index (κ1) is 22.4. The van der Waals surface area contributed by atoms with E-state index in [1.165, 1.54) is 7.11 Å². The second-order valence-corrected chi connectivity index (χ2v) is 7.53. The summed E-state index contributed by atoms with van der Waals surface area (Å²) in [6.07, 6.45) is 0. The average Bonchev–Trinajstić information content (AvgIpc) is 2.91. The summed E-state index contributed by atoms with van der Waals surface area (Å²) in [7, 11) is 3.01. The van der Waals surface area contributed by atoms with Crippen LogP contribution in [0.15, 0.2) is 12.1 Å². The van der Waals surface area contributed by atoms with Crippen LogP contribution in [-0.2, 0) is 9.53 Å². The van der Waals surface area contributed by atoms with E-state index in [9.17, 15) is 14.4 Å². The van der Waals surface area contributed by atoms with Gasteiger partial charge in [-0.2, -0.15) is 0 Å². The summed E-state index contributed by atoms with van der Waals surface area (Å²) in [6.45, 7) is 9.47. The molecule has 7 heteroatoms.